The van der Waals surface area contributed by atoms with Crippen LogP contribution in [0.15, 0.2) is 35.1 Å². The van der Waals surface area contributed by atoms with Gasteiger partial charge in [-0.25, -0.2) is 4.79 Å². The number of ketones is 1. The Hall–Kier alpha value is -2.30. The van der Waals surface area contributed by atoms with Crippen LogP contribution in [0.1, 0.15) is 29.4 Å². The van der Waals surface area contributed by atoms with Gasteiger partial charge in [-0.3, -0.25) is 14.8 Å². The van der Waals surface area contributed by atoms with Crippen molar-refractivity contribution in [3.05, 3.63) is 41.4 Å². The summed E-state index contributed by atoms with van der Waals surface area (Å²) < 4.78 is 4.62. The van der Waals surface area contributed by atoms with Gasteiger partial charge in [0.05, 0.1) is 24.1 Å². The summed E-state index contributed by atoms with van der Waals surface area (Å²) in [6, 6.07) is 3.42. The predicted octanol–water partition coefficient (Wildman–Crippen LogP) is 1.53. The molecule has 18 heavy (non-hydrogen) atoms. The molecule has 1 aliphatic rings. The fourth-order valence-electron chi connectivity index (χ4n) is 1.61. The third kappa shape index (κ3) is 2.34. The molecule has 0 saturated heterocycles. The van der Waals surface area contributed by atoms with Gasteiger partial charge >= 0.3 is 5.97 Å². The van der Waals surface area contributed by atoms with Crippen molar-refractivity contribution in [3.8, 4) is 0 Å². The van der Waals surface area contributed by atoms with Gasteiger partial charge in [0.2, 0.25) is 0 Å². The van der Waals surface area contributed by atoms with Crippen LogP contribution in [0, 0.1) is 0 Å². The second-order valence-electron chi connectivity index (χ2n) is 3.89. The van der Waals surface area contributed by atoms with E-state index in [0.717, 1.165) is 0 Å². The molecule has 0 N–H and O–H groups in total. The number of carbonyl (C=O) groups excluding carboxylic acids is 2. The summed E-state index contributed by atoms with van der Waals surface area (Å²) in [4.78, 5) is 30.7. The molecule has 0 aromatic carbocycles. The number of carbonyl (C=O) groups is 2. The average Bonchev–Trinajstić information content (AvgIpc) is 2.87. The summed E-state index contributed by atoms with van der Waals surface area (Å²) in [5, 5.41) is 0. The van der Waals surface area contributed by atoms with Crippen molar-refractivity contribution in [1.82, 2.24) is 4.98 Å². The number of aliphatic imine (C=N–C) groups is 1. The molecule has 5 nitrogen and oxygen atoms in total. The SMILES string of the molecule is COC(=O)C1=CN=C(c2ccc(C(C)=O)cn2)C1. The third-order valence-corrected chi connectivity index (χ3v) is 2.65. The number of esters is 1. The number of aromatic nitrogens is 1. The van der Waals surface area contributed by atoms with Gasteiger partial charge < -0.3 is 4.74 Å². The molecular formula is C13H12N2O3. The van der Waals surface area contributed by atoms with E-state index >= 15 is 0 Å². The van der Waals surface area contributed by atoms with Crippen LogP contribution in [0.5, 0.6) is 0 Å². The maximum absolute atomic E-state index is 11.3. The lowest BCUT2D eigenvalue weighted by Crippen LogP contribution is -2.08. The van der Waals surface area contributed by atoms with Gasteiger partial charge in [0, 0.05) is 24.4 Å². The first-order chi connectivity index (χ1) is 8.61. The minimum Gasteiger partial charge on any atom is -0.466 e. The van der Waals surface area contributed by atoms with E-state index in [4.69, 9.17) is 0 Å². The van der Waals surface area contributed by atoms with Crippen LogP contribution in [0.2, 0.25) is 0 Å². The minimum atomic E-state index is -0.380. The van der Waals surface area contributed by atoms with Crippen LogP contribution < -0.4 is 0 Å². The number of nitrogens with zero attached hydrogens (tertiary/aromatic N) is 2. The van der Waals surface area contributed by atoms with Crippen molar-refractivity contribution >= 4 is 17.5 Å². The molecule has 2 rings (SSSR count). The minimum absolute atomic E-state index is 0.0317. The first kappa shape index (κ1) is 12.2. The second-order valence-corrected chi connectivity index (χ2v) is 3.89. The summed E-state index contributed by atoms with van der Waals surface area (Å²) in [6.45, 7) is 1.49. The Balaban J connectivity index is 2.12. The molecule has 0 aliphatic carbocycles. The Bertz CT molecular complexity index is 556. The van der Waals surface area contributed by atoms with Gasteiger partial charge in [-0.1, -0.05) is 0 Å². The molecule has 0 spiro atoms. The molecule has 0 saturated carbocycles. The van der Waals surface area contributed by atoms with Gasteiger partial charge in [-0.2, -0.15) is 0 Å². The first-order valence-electron chi connectivity index (χ1n) is 5.43. The van der Waals surface area contributed by atoms with Crippen molar-refractivity contribution in [3.63, 3.8) is 0 Å². The lowest BCUT2D eigenvalue weighted by molar-refractivity contribution is -0.136. The van der Waals surface area contributed by atoms with Crippen LogP contribution in [0.25, 0.3) is 0 Å². The molecule has 92 valence electrons. The first-order valence-corrected chi connectivity index (χ1v) is 5.43. The van der Waals surface area contributed by atoms with Crippen molar-refractivity contribution in [2.75, 3.05) is 7.11 Å². The molecule has 2 heterocycles. The Morgan fingerprint density at radius 1 is 1.33 bits per heavy atom. The average molecular weight is 244 g/mol. The number of Topliss-reactive ketones (excluding diaryl/α,β-unsaturated/α-hetero) is 1. The molecule has 0 atom stereocenters. The standard InChI is InChI=1S/C13H12N2O3/c1-8(16)9-3-4-11(14-6-9)12-5-10(7-15-12)13(17)18-2/h3-4,6-7H,5H2,1-2H3. The molecule has 0 radical (unpaired) electrons. The highest BCUT2D eigenvalue weighted by molar-refractivity contribution is 6.08. The third-order valence-electron chi connectivity index (χ3n) is 2.65. The predicted molar refractivity (Wildman–Crippen MR) is 65.5 cm³/mol. The van der Waals surface area contributed by atoms with Gasteiger partial charge in [-0.05, 0) is 19.1 Å². The summed E-state index contributed by atoms with van der Waals surface area (Å²) >= 11 is 0. The van der Waals surface area contributed by atoms with Crippen molar-refractivity contribution in [2.45, 2.75) is 13.3 Å². The van der Waals surface area contributed by atoms with Crippen molar-refractivity contribution < 1.29 is 14.3 Å². The smallest absolute Gasteiger partial charge is 0.335 e. The Morgan fingerprint density at radius 3 is 2.67 bits per heavy atom. The van der Waals surface area contributed by atoms with Crippen molar-refractivity contribution in [1.29, 1.82) is 0 Å². The summed E-state index contributed by atoms with van der Waals surface area (Å²) in [5.41, 5.74) is 2.42. The van der Waals surface area contributed by atoms with Crippen LogP contribution in [0.4, 0.5) is 0 Å². The maximum atomic E-state index is 11.3. The summed E-state index contributed by atoms with van der Waals surface area (Å²) in [6.07, 6.45) is 3.40. The highest BCUT2D eigenvalue weighted by atomic mass is 16.5. The molecule has 0 bridgehead atoms. The second kappa shape index (κ2) is 4.91. The lowest BCUT2D eigenvalue weighted by atomic mass is 10.1. The molecule has 0 amide bonds. The van der Waals surface area contributed by atoms with Crippen LogP contribution in [-0.4, -0.2) is 29.6 Å². The Kier molecular flexibility index (Phi) is 3.32. The zero-order chi connectivity index (χ0) is 13.1. The number of rotatable bonds is 3. The van der Waals surface area contributed by atoms with Gasteiger partial charge in [0.25, 0.3) is 0 Å². The monoisotopic (exact) mass is 244 g/mol. The molecule has 5 heteroatoms. The highest BCUT2D eigenvalue weighted by Gasteiger charge is 2.19. The van der Waals surface area contributed by atoms with Crippen LogP contribution in [0.3, 0.4) is 0 Å². The van der Waals surface area contributed by atoms with Gasteiger partial charge in [0.15, 0.2) is 5.78 Å². The van der Waals surface area contributed by atoms with E-state index in [1.54, 1.807) is 12.1 Å². The molecular weight excluding hydrogens is 232 g/mol. The molecule has 0 fully saturated rings. The molecule has 1 aromatic heterocycles. The quantitative estimate of drug-likeness (QED) is 0.597. The van der Waals surface area contributed by atoms with Crippen molar-refractivity contribution in [2.24, 2.45) is 4.99 Å². The van der Waals surface area contributed by atoms with E-state index in [0.29, 0.717) is 29.0 Å². The Morgan fingerprint density at radius 2 is 2.11 bits per heavy atom. The zero-order valence-electron chi connectivity index (χ0n) is 10.1. The van der Waals surface area contributed by atoms with E-state index in [1.807, 2.05) is 0 Å². The summed E-state index contributed by atoms with van der Waals surface area (Å²) in [5.74, 6) is -0.412. The van der Waals surface area contributed by atoms with E-state index in [-0.39, 0.29) is 11.8 Å². The molecule has 0 unspecified atom stereocenters. The number of ether oxygens (including phenoxy) is 1. The van der Waals surface area contributed by atoms with Crippen LogP contribution >= 0.6 is 0 Å². The number of hydrogen-bond acceptors (Lipinski definition) is 5. The van der Waals surface area contributed by atoms with Gasteiger partial charge in [0.1, 0.15) is 0 Å². The summed E-state index contributed by atoms with van der Waals surface area (Å²) in [7, 11) is 1.33. The molecule has 1 aromatic rings. The molecule has 1 aliphatic heterocycles. The Labute approximate surface area is 104 Å². The maximum Gasteiger partial charge on any atom is 0.335 e. The number of methoxy groups -OCH3 is 1. The number of hydrogen-bond donors (Lipinski definition) is 0. The number of pyridine rings is 1. The topological polar surface area (TPSA) is 68.6 Å². The fraction of sp³-hybridized carbons (Fsp3) is 0.231. The van der Waals surface area contributed by atoms with E-state index < -0.39 is 0 Å². The highest BCUT2D eigenvalue weighted by Crippen LogP contribution is 2.17. The zero-order valence-corrected chi connectivity index (χ0v) is 10.1. The normalized spacial score (nSPS) is 13.9. The largest absolute Gasteiger partial charge is 0.466 e. The van der Waals surface area contributed by atoms with E-state index in [9.17, 15) is 9.59 Å². The van der Waals surface area contributed by atoms with E-state index in [1.165, 1.54) is 26.4 Å². The van der Waals surface area contributed by atoms with Crippen LogP contribution in [-0.2, 0) is 9.53 Å². The fourth-order valence-corrected chi connectivity index (χ4v) is 1.61. The van der Waals surface area contributed by atoms with Gasteiger partial charge in [-0.15, -0.1) is 0 Å². The van der Waals surface area contributed by atoms with E-state index in [2.05, 4.69) is 14.7 Å². The lowest BCUT2D eigenvalue weighted by Gasteiger charge is -2.02.